The molecule has 0 aliphatic carbocycles. The molecule has 1 atom stereocenters. The first-order valence-electron chi connectivity index (χ1n) is 8.19. The summed E-state index contributed by atoms with van der Waals surface area (Å²) < 4.78 is 5.87. The van der Waals surface area contributed by atoms with Crippen LogP contribution < -0.4 is 9.64 Å². The smallest absolute Gasteiger partial charge is 0.274 e. The number of aryl methyl sites for hydroxylation is 2. The molecule has 1 aromatic heterocycles. The maximum atomic E-state index is 13.2. The van der Waals surface area contributed by atoms with E-state index in [4.69, 9.17) is 16.3 Å². The Morgan fingerprint density at radius 2 is 1.92 bits per heavy atom. The van der Waals surface area contributed by atoms with Gasteiger partial charge in [0.1, 0.15) is 5.75 Å². The molecule has 0 fully saturated rings. The van der Waals surface area contributed by atoms with E-state index in [0.29, 0.717) is 15.9 Å². The van der Waals surface area contributed by atoms with Gasteiger partial charge in [-0.15, -0.1) is 11.3 Å². The Hall–Kier alpha value is -2.37. The lowest BCUT2D eigenvalue weighted by Gasteiger charge is -2.24. The standard InChI is InChI=1S/C20H19ClN2O2S/c1-13-9-10-17(21)18(11-13)25-15(3)19(24)23(16-7-5-4-6-8-16)20-22-14(2)12-26-20/h4-12,15H,1-3H3. The van der Waals surface area contributed by atoms with Crippen LogP contribution >= 0.6 is 22.9 Å². The van der Waals surface area contributed by atoms with Gasteiger partial charge >= 0.3 is 0 Å². The van der Waals surface area contributed by atoms with E-state index < -0.39 is 6.10 Å². The number of para-hydroxylation sites is 1. The normalized spacial score (nSPS) is 11.8. The summed E-state index contributed by atoms with van der Waals surface area (Å²) in [7, 11) is 0. The fourth-order valence-electron chi connectivity index (χ4n) is 2.48. The van der Waals surface area contributed by atoms with Gasteiger partial charge in [0.2, 0.25) is 0 Å². The monoisotopic (exact) mass is 386 g/mol. The Bertz CT molecular complexity index is 911. The van der Waals surface area contributed by atoms with Crippen molar-refractivity contribution in [1.82, 2.24) is 4.98 Å². The molecular weight excluding hydrogens is 368 g/mol. The molecule has 1 amide bonds. The number of ether oxygens (including phenoxy) is 1. The summed E-state index contributed by atoms with van der Waals surface area (Å²) in [4.78, 5) is 19.2. The Balaban J connectivity index is 1.91. The number of benzene rings is 2. The van der Waals surface area contributed by atoms with Gasteiger partial charge in [0.15, 0.2) is 11.2 Å². The van der Waals surface area contributed by atoms with E-state index in [1.54, 1.807) is 17.9 Å². The SMILES string of the molecule is Cc1ccc(Cl)c(OC(C)C(=O)N(c2ccccc2)c2nc(C)cs2)c1. The van der Waals surface area contributed by atoms with Crippen molar-refractivity contribution in [3.8, 4) is 5.75 Å². The molecule has 134 valence electrons. The highest BCUT2D eigenvalue weighted by molar-refractivity contribution is 7.14. The molecule has 0 aliphatic heterocycles. The number of halogens is 1. The molecule has 0 saturated heterocycles. The van der Waals surface area contributed by atoms with E-state index in [1.807, 2.05) is 61.7 Å². The van der Waals surface area contributed by atoms with E-state index in [0.717, 1.165) is 16.9 Å². The van der Waals surface area contributed by atoms with Gasteiger partial charge in [-0.1, -0.05) is 35.9 Å². The second-order valence-electron chi connectivity index (χ2n) is 5.97. The van der Waals surface area contributed by atoms with Crippen LogP contribution in [-0.4, -0.2) is 17.0 Å². The zero-order chi connectivity index (χ0) is 18.7. The van der Waals surface area contributed by atoms with E-state index >= 15 is 0 Å². The average Bonchev–Trinajstić information content (AvgIpc) is 3.05. The van der Waals surface area contributed by atoms with Gasteiger partial charge in [0.25, 0.3) is 5.91 Å². The van der Waals surface area contributed by atoms with Gasteiger partial charge in [0, 0.05) is 5.38 Å². The van der Waals surface area contributed by atoms with Gasteiger partial charge in [-0.25, -0.2) is 4.98 Å². The van der Waals surface area contributed by atoms with Crippen LogP contribution in [0.25, 0.3) is 0 Å². The van der Waals surface area contributed by atoms with Crippen LogP contribution in [0.2, 0.25) is 5.02 Å². The fraction of sp³-hybridized carbons (Fsp3) is 0.200. The topological polar surface area (TPSA) is 42.4 Å². The van der Waals surface area contributed by atoms with Crippen molar-refractivity contribution in [2.45, 2.75) is 26.9 Å². The largest absolute Gasteiger partial charge is 0.479 e. The van der Waals surface area contributed by atoms with Gasteiger partial charge in [0.05, 0.1) is 16.4 Å². The van der Waals surface area contributed by atoms with Crippen molar-refractivity contribution in [2.75, 3.05) is 4.90 Å². The van der Waals surface area contributed by atoms with Crippen LogP contribution in [0.15, 0.2) is 53.9 Å². The Labute approximate surface area is 162 Å². The molecule has 1 heterocycles. The molecule has 3 aromatic rings. The summed E-state index contributed by atoms with van der Waals surface area (Å²) >= 11 is 7.62. The lowest BCUT2D eigenvalue weighted by atomic mass is 10.2. The molecule has 2 aromatic carbocycles. The minimum atomic E-state index is -0.723. The quantitative estimate of drug-likeness (QED) is 0.577. The highest BCUT2D eigenvalue weighted by atomic mass is 35.5. The highest BCUT2D eigenvalue weighted by Crippen LogP contribution is 2.31. The molecule has 0 radical (unpaired) electrons. The van der Waals surface area contributed by atoms with Gasteiger partial charge in [-0.2, -0.15) is 0 Å². The van der Waals surface area contributed by atoms with Gasteiger partial charge in [-0.3, -0.25) is 9.69 Å². The van der Waals surface area contributed by atoms with E-state index in [-0.39, 0.29) is 5.91 Å². The van der Waals surface area contributed by atoms with Crippen molar-refractivity contribution < 1.29 is 9.53 Å². The van der Waals surface area contributed by atoms with Crippen LogP contribution in [0.5, 0.6) is 5.75 Å². The van der Waals surface area contributed by atoms with Crippen molar-refractivity contribution in [2.24, 2.45) is 0 Å². The van der Waals surface area contributed by atoms with E-state index in [2.05, 4.69) is 4.98 Å². The number of amides is 1. The van der Waals surface area contributed by atoms with Crippen LogP contribution in [-0.2, 0) is 4.79 Å². The molecule has 26 heavy (non-hydrogen) atoms. The number of thiazole rings is 1. The van der Waals surface area contributed by atoms with Crippen LogP contribution in [0.3, 0.4) is 0 Å². The number of nitrogens with zero attached hydrogens (tertiary/aromatic N) is 2. The molecule has 1 unspecified atom stereocenters. The first-order valence-corrected chi connectivity index (χ1v) is 9.45. The average molecular weight is 387 g/mol. The number of carbonyl (C=O) groups excluding carboxylic acids is 1. The summed E-state index contributed by atoms with van der Waals surface area (Å²) in [6, 6.07) is 14.9. The van der Waals surface area contributed by atoms with E-state index in [1.165, 1.54) is 11.3 Å². The lowest BCUT2D eigenvalue weighted by Crippen LogP contribution is -2.37. The number of aromatic nitrogens is 1. The second-order valence-corrected chi connectivity index (χ2v) is 7.22. The summed E-state index contributed by atoms with van der Waals surface area (Å²) in [5, 5.41) is 3.01. The van der Waals surface area contributed by atoms with Crippen molar-refractivity contribution in [3.05, 3.63) is 70.2 Å². The van der Waals surface area contributed by atoms with Crippen molar-refractivity contribution in [1.29, 1.82) is 0 Å². The maximum absolute atomic E-state index is 13.2. The Morgan fingerprint density at radius 1 is 1.19 bits per heavy atom. The Morgan fingerprint density at radius 3 is 2.58 bits per heavy atom. The molecule has 0 spiro atoms. The van der Waals surface area contributed by atoms with Crippen LogP contribution in [0.4, 0.5) is 10.8 Å². The number of hydrogen-bond acceptors (Lipinski definition) is 4. The third-order valence-corrected chi connectivity index (χ3v) is 5.03. The highest BCUT2D eigenvalue weighted by Gasteiger charge is 2.27. The number of anilines is 2. The third kappa shape index (κ3) is 4.06. The molecule has 4 nitrogen and oxygen atoms in total. The molecule has 6 heteroatoms. The zero-order valence-electron chi connectivity index (χ0n) is 14.8. The first-order chi connectivity index (χ1) is 12.5. The summed E-state index contributed by atoms with van der Waals surface area (Å²) in [6.07, 6.45) is -0.723. The van der Waals surface area contributed by atoms with Crippen molar-refractivity contribution >= 4 is 39.7 Å². The Kier molecular flexibility index (Phi) is 5.59. The predicted molar refractivity (Wildman–Crippen MR) is 107 cm³/mol. The number of hydrogen-bond donors (Lipinski definition) is 0. The van der Waals surface area contributed by atoms with Crippen LogP contribution in [0, 0.1) is 13.8 Å². The van der Waals surface area contributed by atoms with Gasteiger partial charge in [-0.05, 0) is 50.6 Å². The summed E-state index contributed by atoms with van der Waals surface area (Å²) in [6.45, 7) is 5.57. The fourth-order valence-corrected chi connectivity index (χ4v) is 3.47. The lowest BCUT2D eigenvalue weighted by molar-refractivity contribution is -0.123. The first kappa shape index (κ1) is 18.4. The second kappa shape index (κ2) is 7.89. The van der Waals surface area contributed by atoms with Crippen molar-refractivity contribution in [3.63, 3.8) is 0 Å². The molecule has 3 rings (SSSR count). The van der Waals surface area contributed by atoms with Crippen LogP contribution in [0.1, 0.15) is 18.2 Å². The molecule has 0 saturated carbocycles. The predicted octanol–water partition coefficient (Wildman–Crippen LogP) is 5.55. The molecule has 0 aliphatic rings. The molecule has 0 bridgehead atoms. The van der Waals surface area contributed by atoms with E-state index in [9.17, 15) is 4.79 Å². The van der Waals surface area contributed by atoms with Gasteiger partial charge < -0.3 is 4.74 Å². The molecular formula is C20H19ClN2O2S. The minimum Gasteiger partial charge on any atom is -0.479 e. The number of carbonyl (C=O) groups is 1. The third-order valence-electron chi connectivity index (χ3n) is 3.77. The summed E-state index contributed by atoms with van der Waals surface area (Å²) in [5.74, 6) is 0.291. The number of rotatable bonds is 5. The minimum absolute atomic E-state index is 0.205. The summed E-state index contributed by atoms with van der Waals surface area (Å²) in [5.41, 5.74) is 2.63. The maximum Gasteiger partial charge on any atom is 0.274 e. The molecule has 0 N–H and O–H groups in total. The zero-order valence-corrected chi connectivity index (χ0v) is 16.3.